The van der Waals surface area contributed by atoms with Crippen LogP contribution in [0, 0.1) is 5.92 Å². The molecule has 2 aromatic carbocycles. The van der Waals surface area contributed by atoms with Gasteiger partial charge in [0.1, 0.15) is 11.9 Å². The molecule has 2 aromatic rings. The third-order valence-electron chi connectivity index (χ3n) is 6.47. The molecule has 4 rings (SSSR count). The highest BCUT2D eigenvalue weighted by atomic mass is 16.5. The molecule has 2 aliphatic heterocycles. The van der Waals surface area contributed by atoms with Gasteiger partial charge in [0.05, 0.1) is 13.0 Å². The van der Waals surface area contributed by atoms with Crippen LogP contribution in [-0.4, -0.2) is 67.6 Å². The molecule has 0 aliphatic carbocycles. The zero-order valence-corrected chi connectivity index (χ0v) is 19.2. The van der Waals surface area contributed by atoms with E-state index in [0.29, 0.717) is 39.2 Å². The van der Waals surface area contributed by atoms with Crippen molar-refractivity contribution < 1.29 is 19.1 Å². The molecule has 33 heavy (non-hydrogen) atoms. The van der Waals surface area contributed by atoms with Gasteiger partial charge in [-0.3, -0.25) is 9.59 Å². The normalized spacial score (nSPS) is 21.1. The Kier molecular flexibility index (Phi) is 7.45. The fourth-order valence-electron chi connectivity index (χ4n) is 4.61. The number of methoxy groups -OCH3 is 1. The van der Waals surface area contributed by atoms with Crippen LogP contribution < -0.4 is 4.74 Å². The molecular weight excluding hydrogens is 416 g/mol. The van der Waals surface area contributed by atoms with E-state index in [1.807, 2.05) is 34.1 Å². The van der Waals surface area contributed by atoms with Crippen molar-refractivity contribution in [1.82, 2.24) is 9.80 Å². The second kappa shape index (κ2) is 10.7. The molecule has 6 nitrogen and oxygen atoms in total. The smallest absolute Gasteiger partial charge is 0.251 e. The van der Waals surface area contributed by atoms with Crippen molar-refractivity contribution in [1.29, 1.82) is 0 Å². The Labute approximate surface area is 195 Å². The lowest BCUT2D eigenvalue weighted by atomic mass is 9.95. The number of carbonyl (C=O) groups excluding carboxylic acids is 2. The summed E-state index contributed by atoms with van der Waals surface area (Å²) in [6, 6.07) is 16.3. The molecule has 6 heteroatoms. The van der Waals surface area contributed by atoms with Gasteiger partial charge < -0.3 is 19.3 Å². The van der Waals surface area contributed by atoms with E-state index in [2.05, 4.69) is 30.8 Å². The van der Waals surface area contributed by atoms with Gasteiger partial charge in [-0.05, 0) is 48.1 Å². The number of nitrogens with zero attached hydrogens (tertiary/aromatic N) is 2. The van der Waals surface area contributed by atoms with Crippen LogP contribution in [0.15, 0.2) is 61.2 Å². The lowest BCUT2D eigenvalue weighted by molar-refractivity contribution is -0.141. The molecule has 2 heterocycles. The van der Waals surface area contributed by atoms with Crippen molar-refractivity contribution in [2.24, 2.45) is 5.92 Å². The lowest BCUT2D eigenvalue weighted by Gasteiger charge is -2.25. The number of benzene rings is 2. The Balaban J connectivity index is 1.49. The van der Waals surface area contributed by atoms with Crippen molar-refractivity contribution in [3.05, 3.63) is 66.7 Å². The molecule has 2 aliphatic rings. The van der Waals surface area contributed by atoms with Crippen molar-refractivity contribution in [2.45, 2.75) is 25.4 Å². The number of hydrogen-bond acceptors (Lipinski definition) is 4. The van der Waals surface area contributed by atoms with Crippen molar-refractivity contribution >= 4 is 11.8 Å². The molecule has 2 fully saturated rings. The molecule has 0 saturated carbocycles. The average molecular weight is 449 g/mol. The summed E-state index contributed by atoms with van der Waals surface area (Å²) in [7, 11) is 1.66. The standard InChI is InChI=1S/C27H32N2O4/c1-3-14-28-15-16-29(27(31)25-5-4-17-33-25)19-23(26(28)30)18-20-6-8-21(9-7-20)22-10-12-24(32-2)13-11-22/h3,6-13,23,25H,1,4-5,14-19H2,2H3. The molecular formula is C27H32N2O4. The minimum Gasteiger partial charge on any atom is -0.497 e. The zero-order chi connectivity index (χ0) is 23.2. The van der Waals surface area contributed by atoms with E-state index in [1.54, 1.807) is 13.2 Å². The first-order valence-corrected chi connectivity index (χ1v) is 11.6. The van der Waals surface area contributed by atoms with Gasteiger partial charge in [-0.1, -0.05) is 42.5 Å². The Bertz CT molecular complexity index is 965. The van der Waals surface area contributed by atoms with Crippen molar-refractivity contribution in [3.63, 3.8) is 0 Å². The van der Waals surface area contributed by atoms with Gasteiger partial charge in [0, 0.05) is 32.8 Å². The molecule has 174 valence electrons. The molecule has 0 bridgehead atoms. The second-order valence-electron chi connectivity index (χ2n) is 8.69. The fourth-order valence-corrected chi connectivity index (χ4v) is 4.61. The van der Waals surface area contributed by atoms with Crippen LogP contribution >= 0.6 is 0 Å². The van der Waals surface area contributed by atoms with Crippen molar-refractivity contribution in [3.8, 4) is 16.9 Å². The Morgan fingerprint density at radius 3 is 2.42 bits per heavy atom. The predicted molar refractivity (Wildman–Crippen MR) is 128 cm³/mol. The summed E-state index contributed by atoms with van der Waals surface area (Å²) >= 11 is 0. The molecule has 2 amide bonds. The van der Waals surface area contributed by atoms with E-state index in [4.69, 9.17) is 9.47 Å². The number of rotatable bonds is 7. The van der Waals surface area contributed by atoms with E-state index >= 15 is 0 Å². The Morgan fingerprint density at radius 2 is 1.82 bits per heavy atom. The summed E-state index contributed by atoms with van der Waals surface area (Å²) < 4.78 is 10.9. The monoisotopic (exact) mass is 448 g/mol. The number of carbonyl (C=O) groups is 2. The summed E-state index contributed by atoms with van der Waals surface area (Å²) in [4.78, 5) is 29.9. The molecule has 0 spiro atoms. The fraction of sp³-hybridized carbons (Fsp3) is 0.407. The van der Waals surface area contributed by atoms with Crippen LogP contribution in [0.4, 0.5) is 0 Å². The minimum atomic E-state index is -0.365. The van der Waals surface area contributed by atoms with Gasteiger partial charge in [-0.25, -0.2) is 0 Å². The molecule has 0 N–H and O–H groups in total. The summed E-state index contributed by atoms with van der Waals surface area (Å²) in [5.74, 6) is 0.635. The highest BCUT2D eigenvalue weighted by Gasteiger charge is 2.35. The van der Waals surface area contributed by atoms with E-state index < -0.39 is 0 Å². The highest BCUT2D eigenvalue weighted by molar-refractivity contribution is 5.84. The minimum absolute atomic E-state index is 0.0145. The molecule has 0 aromatic heterocycles. The first-order valence-electron chi connectivity index (χ1n) is 11.6. The van der Waals surface area contributed by atoms with E-state index in [-0.39, 0.29) is 23.8 Å². The number of ether oxygens (including phenoxy) is 2. The van der Waals surface area contributed by atoms with Crippen LogP contribution in [0.5, 0.6) is 5.75 Å². The third-order valence-corrected chi connectivity index (χ3v) is 6.47. The lowest BCUT2D eigenvalue weighted by Crippen LogP contribution is -2.42. The SMILES string of the molecule is C=CCN1CCN(C(=O)C2CCCO2)CC(Cc2ccc(-c3ccc(OC)cc3)cc2)C1=O. The van der Waals surface area contributed by atoms with Gasteiger partial charge in [-0.15, -0.1) is 6.58 Å². The van der Waals surface area contributed by atoms with Crippen molar-refractivity contribution in [2.75, 3.05) is 39.9 Å². The van der Waals surface area contributed by atoms with Crippen LogP contribution in [0.25, 0.3) is 11.1 Å². The van der Waals surface area contributed by atoms with Gasteiger partial charge >= 0.3 is 0 Å². The third kappa shape index (κ3) is 5.45. The molecule has 2 atom stereocenters. The van der Waals surface area contributed by atoms with Gasteiger partial charge in [0.15, 0.2) is 0 Å². The van der Waals surface area contributed by atoms with E-state index in [0.717, 1.165) is 35.3 Å². The van der Waals surface area contributed by atoms with Crippen LogP contribution in [0.2, 0.25) is 0 Å². The van der Waals surface area contributed by atoms with Crippen LogP contribution in [-0.2, 0) is 20.7 Å². The highest BCUT2D eigenvalue weighted by Crippen LogP contribution is 2.25. The topological polar surface area (TPSA) is 59.1 Å². The van der Waals surface area contributed by atoms with E-state index in [1.165, 1.54) is 0 Å². The first-order chi connectivity index (χ1) is 16.1. The summed E-state index contributed by atoms with van der Waals surface area (Å²) in [5, 5.41) is 0. The maximum atomic E-state index is 13.3. The average Bonchev–Trinajstić information content (AvgIpc) is 3.35. The molecule has 0 radical (unpaired) electrons. The summed E-state index contributed by atoms with van der Waals surface area (Å²) in [6.45, 7) is 6.40. The van der Waals surface area contributed by atoms with Gasteiger partial charge in [0.25, 0.3) is 5.91 Å². The summed E-state index contributed by atoms with van der Waals surface area (Å²) in [5.41, 5.74) is 3.30. The maximum absolute atomic E-state index is 13.3. The van der Waals surface area contributed by atoms with Gasteiger partial charge in [-0.2, -0.15) is 0 Å². The first kappa shape index (κ1) is 23.1. The Morgan fingerprint density at radius 1 is 1.12 bits per heavy atom. The van der Waals surface area contributed by atoms with Crippen LogP contribution in [0.3, 0.4) is 0 Å². The van der Waals surface area contributed by atoms with Crippen LogP contribution in [0.1, 0.15) is 18.4 Å². The van der Waals surface area contributed by atoms with E-state index in [9.17, 15) is 9.59 Å². The quantitative estimate of drug-likeness (QED) is 0.608. The Hall–Kier alpha value is -3.12. The predicted octanol–water partition coefficient (Wildman–Crippen LogP) is 3.56. The zero-order valence-electron chi connectivity index (χ0n) is 19.2. The summed E-state index contributed by atoms with van der Waals surface area (Å²) in [6.07, 6.45) is 3.64. The maximum Gasteiger partial charge on any atom is 0.251 e. The molecule has 2 saturated heterocycles. The largest absolute Gasteiger partial charge is 0.497 e. The number of hydrogen-bond donors (Lipinski definition) is 0. The molecule has 2 unspecified atom stereocenters. The number of amides is 2. The second-order valence-corrected chi connectivity index (χ2v) is 8.69. The van der Waals surface area contributed by atoms with Gasteiger partial charge in [0.2, 0.25) is 5.91 Å².